The number of nitrogens with one attached hydrogen (secondary N) is 2. The maximum absolute atomic E-state index is 12.6. The first-order valence-electron chi connectivity index (χ1n) is 13.1. The van der Waals surface area contributed by atoms with Gasteiger partial charge in [-0.1, -0.05) is 0 Å². The van der Waals surface area contributed by atoms with Crippen molar-refractivity contribution in [2.45, 2.75) is 19.3 Å². The lowest BCUT2D eigenvalue weighted by molar-refractivity contribution is -0.127. The molecule has 1 saturated heterocycles. The molecule has 1 aliphatic heterocycles. The number of pyridine rings is 1. The van der Waals surface area contributed by atoms with Crippen molar-refractivity contribution in [1.29, 1.82) is 0 Å². The molecule has 0 atom stereocenters. The van der Waals surface area contributed by atoms with Gasteiger partial charge in [-0.25, -0.2) is 4.98 Å². The van der Waals surface area contributed by atoms with Gasteiger partial charge in [-0.2, -0.15) is 0 Å². The minimum Gasteiger partial charge on any atom is -0.457 e. The fourth-order valence-corrected chi connectivity index (χ4v) is 4.56. The normalized spacial score (nSPS) is 13.1. The Labute approximate surface area is 227 Å². The molecule has 1 aliphatic rings. The van der Waals surface area contributed by atoms with Crippen LogP contribution in [0.3, 0.4) is 0 Å². The number of rotatable bonds is 10. The second kappa shape index (κ2) is 11.4. The number of fused-ring (bicyclic) bond motifs is 1. The summed E-state index contributed by atoms with van der Waals surface area (Å²) < 4.78 is 8.04. The van der Waals surface area contributed by atoms with Crippen molar-refractivity contribution in [3.05, 3.63) is 66.5 Å². The smallest absolute Gasteiger partial charge is 0.270 e. The minimum atomic E-state index is -0.275. The molecule has 1 fully saturated rings. The highest BCUT2D eigenvalue weighted by molar-refractivity contribution is 5.92. The molecule has 0 spiro atoms. The van der Waals surface area contributed by atoms with Crippen LogP contribution in [0.4, 0.5) is 17.3 Å². The molecule has 2 aromatic carbocycles. The third-order valence-electron chi connectivity index (χ3n) is 6.75. The Morgan fingerprint density at radius 3 is 2.62 bits per heavy atom. The Kier molecular flexibility index (Phi) is 7.62. The number of carbonyl (C=O) groups is 2. The fraction of sp³-hybridized carbons (Fsp3) is 0.310. The molecule has 10 heteroatoms. The van der Waals surface area contributed by atoms with Gasteiger partial charge in [0.15, 0.2) is 0 Å². The summed E-state index contributed by atoms with van der Waals surface area (Å²) in [4.78, 5) is 37.1. The number of nitrogens with zero attached hydrogens (tertiary/aromatic N) is 5. The summed E-state index contributed by atoms with van der Waals surface area (Å²) in [5.41, 5.74) is 4.09. The maximum atomic E-state index is 12.6. The van der Waals surface area contributed by atoms with Crippen LogP contribution in [0.25, 0.3) is 11.0 Å². The van der Waals surface area contributed by atoms with Gasteiger partial charge in [0.25, 0.3) is 5.91 Å². The molecule has 10 nitrogen and oxygen atoms in total. The zero-order valence-corrected chi connectivity index (χ0v) is 22.5. The van der Waals surface area contributed by atoms with E-state index in [4.69, 9.17) is 9.72 Å². The molecular weight excluding hydrogens is 494 g/mol. The van der Waals surface area contributed by atoms with Gasteiger partial charge in [0, 0.05) is 76.9 Å². The molecular formula is C29H33N7O3. The highest BCUT2D eigenvalue weighted by atomic mass is 16.5. The molecule has 2 amide bonds. The number of imidazole rings is 1. The topological polar surface area (TPSA) is 105 Å². The lowest BCUT2D eigenvalue weighted by Crippen LogP contribution is -2.30. The monoisotopic (exact) mass is 527 g/mol. The van der Waals surface area contributed by atoms with Gasteiger partial charge in [0.05, 0.1) is 11.0 Å². The highest BCUT2D eigenvalue weighted by Gasteiger charge is 2.19. The Balaban J connectivity index is 1.21. The first kappa shape index (κ1) is 26.0. The van der Waals surface area contributed by atoms with E-state index in [1.54, 1.807) is 18.3 Å². The van der Waals surface area contributed by atoms with Gasteiger partial charge in [-0.3, -0.25) is 14.6 Å². The number of hydrogen-bond acceptors (Lipinski definition) is 7. The van der Waals surface area contributed by atoms with Crippen LogP contribution in [0, 0.1) is 0 Å². The second-order valence-corrected chi connectivity index (χ2v) is 9.78. The van der Waals surface area contributed by atoms with Crippen molar-refractivity contribution in [2.75, 3.05) is 43.9 Å². The molecule has 2 aromatic heterocycles. The first-order valence-corrected chi connectivity index (χ1v) is 13.1. The minimum absolute atomic E-state index is 0.194. The van der Waals surface area contributed by atoms with E-state index < -0.39 is 0 Å². The summed E-state index contributed by atoms with van der Waals surface area (Å²) in [6, 6.07) is 17.2. The van der Waals surface area contributed by atoms with Crippen LogP contribution in [-0.4, -0.2) is 65.0 Å². The molecule has 202 valence electrons. The summed E-state index contributed by atoms with van der Waals surface area (Å²) in [6.07, 6.45) is 3.80. The van der Waals surface area contributed by atoms with Crippen LogP contribution in [0.5, 0.6) is 11.5 Å². The number of anilines is 3. The summed E-state index contributed by atoms with van der Waals surface area (Å²) >= 11 is 0. The third kappa shape index (κ3) is 6.11. The third-order valence-corrected chi connectivity index (χ3v) is 6.75. The molecule has 0 saturated carbocycles. The number of benzene rings is 2. The van der Waals surface area contributed by atoms with Crippen LogP contribution in [0.15, 0.2) is 60.8 Å². The number of amides is 2. The van der Waals surface area contributed by atoms with Gasteiger partial charge >= 0.3 is 0 Å². The standard InChI is InChI=1S/C29H33N7O3/c1-34(2)21-9-7-20(8-10-21)32-29-33-24-18-22(11-12-26(24)35(29)3)39-23-13-15-30-25(19-23)28(38)31-14-5-17-36-16-4-6-27(36)37/h7-13,15,18-19H,4-6,14,16-17H2,1-3H3,(H,31,38)(H,32,33). The number of ether oxygens (including phenoxy) is 1. The molecule has 3 heterocycles. The quantitative estimate of drug-likeness (QED) is 0.296. The van der Waals surface area contributed by atoms with Gasteiger partial charge in [0.2, 0.25) is 11.9 Å². The summed E-state index contributed by atoms with van der Waals surface area (Å²) in [7, 11) is 5.98. The molecule has 0 bridgehead atoms. The largest absolute Gasteiger partial charge is 0.457 e. The summed E-state index contributed by atoms with van der Waals surface area (Å²) in [5.74, 6) is 1.75. The average Bonchev–Trinajstić information content (AvgIpc) is 3.48. The average molecular weight is 528 g/mol. The Morgan fingerprint density at radius 2 is 1.87 bits per heavy atom. The van der Waals surface area contributed by atoms with Gasteiger partial charge in [-0.05, 0) is 55.3 Å². The van der Waals surface area contributed by atoms with E-state index >= 15 is 0 Å². The summed E-state index contributed by atoms with van der Waals surface area (Å²) in [6.45, 7) is 1.94. The van der Waals surface area contributed by atoms with Gasteiger partial charge in [0.1, 0.15) is 17.2 Å². The van der Waals surface area contributed by atoms with E-state index in [1.165, 1.54) is 0 Å². The molecule has 0 unspecified atom stereocenters. The molecule has 39 heavy (non-hydrogen) atoms. The number of aryl methyl sites for hydroxylation is 1. The van der Waals surface area contributed by atoms with Crippen molar-refractivity contribution < 1.29 is 14.3 Å². The lowest BCUT2D eigenvalue weighted by Gasteiger charge is -2.15. The van der Waals surface area contributed by atoms with E-state index in [9.17, 15) is 9.59 Å². The van der Waals surface area contributed by atoms with Crippen molar-refractivity contribution >= 4 is 40.2 Å². The molecule has 5 rings (SSSR count). The predicted octanol–water partition coefficient (Wildman–Crippen LogP) is 4.31. The van der Waals surface area contributed by atoms with Crippen molar-refractivity contribution in [3.8, 4) is 11.5 Å². The molecule has 2 N–H and O–H groups in total. The van der Waals surface area contributed by atoms with E-state index in [2.05, 4.69) is 32.7 Å². The van der Waals surface area contributed by atoms with E-state index in [0.717, 1.165) is 41.3 Å². The Bertz CT molecular complexity index is 1480. The SMILES string of the molecule is CN(C)c1ccc(Nc2nc3cc(Oc4ccnc(C(=O)NCCCN5CCCC5=O)c4)ccc3n2C)cc1. The second-order valence-electron chi connectivity index (χ2n) is 9.78. The molecule has 0 radical (unpaired) electrons. The zero-order chi connectivity index (χ0) is 27.4. The van der Waals surface area contributed by atoms with Gasteiger partial charge < -0.3 is 29.7 Å². The predicted molar refractivity (Wildman–Crippen MR) is 152 cm³/mol. The van der Waals surface area contributed by atoms with E-state index in [0.29, 0.717) is 37.4 Å². The Hall–Kier alpha value is -4.60. The van der Waals surface area contributed by atoms with E-state index in [-0.39, 0.29) is 17.5 Å². The van der Waals surface area contributed by atoms with Crippen molar-refractivity contribution in [2.24, 2.45) is 7.05 Å². The zero-order valence-electron chi connectivity index (χ0n) is 22.5. The number of hydrogen-bond donors (Lipinski definition) is 2. The Morgan fingerprint density at radius 1 is 1.08 bits per heavy atom. The van der Waals surface area contributed by atoms with Crippen molar-refractivity contribution in [1.82, 2.24) is 24.8 Å². The van der Waals surface area contributed by atoms with Crippen LogP contribution in [0.1, 0.15) is 29.8 Å². The lowest BCUT2D eigenvalue weighted by atomic mass is 10.2. The van der Waals surface area contributed by atoms with Crippen LogP contribution < -0.4 is 20.3 Å². The van der Waals surface area contributed by atoms with Gasteiger partial charge in [-0.15, -0.1) is 0 Å². The number of carbonyl (C=O) groups excluding carboxylic acids is 2. The maximum Gasteiger partial charge on any atom is 0.270 e. The number of likely N-dealkylation sites (tertiary alicyclic amines) is 1. The van der Waals surface area contributed by atoms with E-state index in [1.807, 2.05) is 60.9 Å². The summed E-state index contributed by atoms with van der Waals surface area (Å²) in [5, 5.41) is 6.25. The van der Waals surface area contributed by atoms with Crippen LogP contribution >= 0.6 is 0 Å². The van der Waals surface area contributed by atoms with Crippen LogP contribution in [-0.2, 0) is 11.8 Å². The first-order chi connectivity index (χ1) is 18.9. The highest BCUT2D eigenvalue weighted by Crippen LogP contribution is 2.28. The molecule has 0 aliphatic carbocycles. The van der Waals surface area contributed by atoms with Crippen LogP contribution in [0.2, 0.25) is 0 Å². The molecule has 4 aromatic rings. The fourth-order valence-electron chi connectivity index (χ4n) is 4.56. The number of aromatic nitrogens is 3. The van der Waals surface area contributed by atoms with Crippen molar-refractivity contribution in [3.63, 3.8) is 0 Å².